The van der Waals surface area contributed by atoms with Crippen molar-refractivity contribution in [2.24, 2.45) is 0 Å². The lowest BCUT2D eigenvalue weighted by atomic mass is 10.2. The predicted octanol–water partition coefficient (Wildman–Crippen LogP) is 2.44. The molecule has 17 heavy (non-hydrogen) atoms. The Kier molecular flexibility index (Phi) is 4.91. The van der Waals surface area contributed by atoms with Gasteiger partial charge < -0.3 is 14.8 Å². The zero-order valence-corrected chi connectivity index (χ0v) is 11.0. The third-order valence-corrected chi connectivity index (χ3v) is 3.44. The van der Waals surface area contributed by atoms with Crippen molar-refractivity contribution in [2.75, 3.05) is 19.9 Å². The van der Waals surface area contributed by atoms with Gasteiger partial charge in [-0.05, 0) is 30.2 Å². The Morgan fingerprint density at radius 2 is 2.35 bits per heavy atom. The van der Waals surface area contributed by atoms with E-state index in [-0.39, 0.29) is 11.9 Å². The average Bonchev–Trinajstić information content (AvgIpc) is 2.35. The van der Waals surface area contributed by atoms with Crippen LogP contribution < -0.4 is 5.32 Å². The van der Waals surface area contributed by atoms with Gasteiger partial charge in [0.2, 0.25) is 0 Å². The molecule has 5 heteroatoms. The van der Waals surface area contributed by atoms with Crippen molar-refractivity contribution in [2.45, 2.75) is 19.1 Å². The Morgan fingerprint density at radius 3 is 3.12 bits per heavy atom. The topological polar surface area (TPSA) is 30.5 Å². The molecule has 1 heterocycles. The second kappa shape index (κ2) is 6.44. The molecule has 3 nitrogen and oxygen atoms in total. The first-order chi connectivity index (χ1) is 8.25. The highest BCUT2D eigenvalue weighted by atomic mass is 79.9. The number of benzene rings is 1. The molecule has 1 atom stereocenters. The number of ether oxygens (including phenoxy) is 2. The molecule has 0 radical (unpaired) electrons. The van der Waals surface area contributed by atoms with Gasteiger partial charge in [0.1, 0.15) is 12.6 Å². The molecular weight excluding hydrogens is 289 g/mol. The van der Waals surface area contributed by atoms with Crippen LogP contribution in [0.1, 0.15) is 12.0 Å². The number of halogens is 2. The summed E-state index contributed by atoms with van der Waals surface area (Å²) in [5.41, 5.74) is 0.914. The minimum atomic E-state index is -0.215. The summed E-state index contributed by atoms with van der Waals surface area (Å²) in [6.45, 7) is 2.50. The van der Waals surface area contributed by atoms with Crippen LogP contribution in [0.5, 0.6) is 0 Å². The van der Waals surface area contributed by atoms with E-state index in [0.717, 1.165) is 29.6 Å². The van der Waals surface area contributed by atoms with E-state index in [2.05, 4.69) is 21.2 Å². The third kappa shape index (κ3) is 4.03. The van der Waals surface area contributed by atoms with Crippen molar-refractivity contribution in [1.29, 1.82) is 0 Å². The summed E-state index contributed by atoms with van der Waals surface area (Å²) >= 11 is 3.40. The number of nitrogens with one attached hydrogen (secondary N) is 1. The molecule has 0 amide bonds. The zero-order chi connectivity index (χ0) is 12.1. The van der Waals surface area contributed by atoms with Gasteiger partial charge in [-0.15, -0.1) is 0 Å². The molecule has 1 fully saturated rings. The van der Waals surface area contributed by atoms with Gasteiger partial charge in [0.25, 0.3) is 0 Å². The lowest BCUT2D eigenvalue weighted by molar-refractivity contribution is -0.137. The second-order valence-electron chi connectivity index (χ2n) is 3.97. The summed E-state index contributed by atoms with van der Waals surface area (Å²) in [5, 5.41) is 3.26. The lowest BCUT2D eigenvalue weighted by Crippen LogP contribution is -2.33. The molecule has 1 N–H and O–H groups in total. The molecule has 1 saturated heterocycles. The summed E-state index contributed by atoms with van der Waals surface area (Å²) in [6, 6.07) is 4.69. The SMILES string of the molecule is Fc1ccc(Br)c(CNCC2CCOCO2)c1. The van der Waals surface area contributed by atoms with Gasteiger partial charge in [-0.3, -0.25) is 0 Å². The molecule has 1 aliphatic heterocycles. The Bertz CT molecular complexity index is 370. The molecule has 94 valence electrons. The van der Waals surface area contributed by atoms with E-state index in [0.29, 0.717) is 13.3 Å². The average molecular weight is 304 g/mol. The molecule has 1 aromatic rings. The molecule has 1 aliphatic rings. The Hall–Kier alpha value is -0.490. The first-order valence-corrected chi connectivity index (χ1v) is 6.39. The van der Waals surface area contributed by atoms with Gasteiger partial charge in [0, 0.05) is 17.6 Å². The number of rotatable bonds is 4. The fourth-order valence-electron chi connectivity index (χ4n) is 1.71. The molecule has 0 spiro atoms. The highest BCUT2D eigenvalue weighted by Gasteiger charge is 2.13. The fourth-order valence-corrected chi connectivity index (χ4v) is 2.10. The Morgan fingerprint density at radius 1 is 1.47 bits per heavy atom. The normalized spacial score (nSPS) is 20.5. The van der Waals surface area contributed by atoms with Crippen LogP contribution in [0, 0.1) is 5.82 Å². The van der Waals surface area contributed by atoms with Gasteiger partial charge in [-0.25, -0.2) is 4.39 Å². The van der Waals surface area contributed by atoms with Gasteiger partial charge in [0.15, 0.2) is 0 Å². The van der Waals surface area contributed by atoms with Crippen LogP contribution >= 0.6 is 15.9 Å². The molecule has 0 bridgehead atoms. The zero-order valence-electron chi connectivity index (χ0n) is 9.42. The monoisotopic (exact) mass is 303 g/mol. The Balaban J connectivity index is 1.79. The summed E-state index contributed by atoms with van der Waals surface area (Å²) in [4.78, 5) is 0. The summed E-state index contributed by atoms with van der Waals surface area (Å²) in [6.07, 6.45) is 1.09. The molecule has 0 saturated carbocycles. The molecule has 1 aromatic carbocycles. The molecule has 0 aliphatic carbocycles. The molecule has 1 unspecified atom stereocenters. The molecular formula is C12H15BrFNO2. The first-order valence-electron chi connectivity index (χ1n) is 5.59. The van der Waals surface area contributed by atoms with E-state index in [9.17, 15) is 4.39 Å². The smallest absolute Gasteiger partial charge is 0.147 e. The van der Waals surface area contributed by atoms with Crippen molar-refractivity contribution in [3.63, 3.8) is 0 Å². The van der Waals surface area contributed by atoms with Crippen molar-refractivity contribution < 1.29 is 13.9 Å². The third-order valence-electron chi connectivity index (χ3n) is 2.67. The van der Waals surface area contributed by atoms with Crippen molar-refractivity contribution >= 4 is 15.9 Å². The van der Waals surface area contributed by atoms with Gasteiger partial charge >= 0.3 is 0 Å². The van der Waals surface area contributed by atoms with E-state index in [1.165, 1.54) is 12.1 Å². The summed E-state index contributed by atoms with van der Waals surface area (Å²) < 4.78 is 24.4. The quantitative estimate of drug-likeness (QED) is 0.927. The highest BCUT2D eigenvalue weighted by molar-refractivity contribution is 9.10. The maximum Gasteiger partial charge on any atom is 0.147 e. The van der Waals surface area contributed by atoms with Crippen molar-refractivity contribution in [3.8, 4) is 0 Å². The van der Waals surface area contributed by atoms with Crippen molar-refractivity contribution in [3.05, 3.63) is 34.1 Å². The van der Waals surface area contributed by atoms with E-state index < -0.39 is 0 Å². The van der Waals surface area contributed by atoms with Crippen LogP contribution in [0.4, 0.5) is 4.39 Å². The van der Waals surface area contributed by atoms with E-state index in [1.807, 2.05) is 0 Å². The van der Waals surface area contributed by atoms with Crippen LogP contribution in [0.25, 0.3) is 0 Å². The molecule has 0 aromatic heterocycles. The minimum absolute atomic E-state index is 0.191. The number of hydrogen-bond donors (Lipinski definition) is 1. The molecule has 2 rings (SSSR count). The van der Waals surface area contributed by atoms with E-state index in [4.69, 9.17) is 9.47 Å². The van der Waals surface area contributed by atoms with Gasteiger partial charge in [-0.2, -0.15) is 0 Å². The van der Waals surface area contributed by atoms with Crippen LogP contribution in [0.3, 0.4) is 0 Å². The highest BCUT2D eigenvalue weighted by Crippen LogP contribution is 2.17. The largest absolute Gasteiger partial charge is 0.355 e. The number of hydrogen-bond acceptors (Lipinski definition) is 3. The lowest BCUT2D eigenvalue weighted by Gasteiger charge is -2.23. The van der Waals surface area contributed by atoms with E-state index in [1.54, 1.807) is 6.07 Å². The summed E-state index contributed by atoms with van der Waals surface area (Å²) in [7, 11) is 0. The fraction of sp³-hybridized carbons (Fsp3) is 0.500. The van der Waals surface area contributed by atoms with Crippen LogP contribution in [0.15, 0.2) is 22.7 Å². The minimum Gasteiger partial charge on any atom is -0.355 e. The van der Waals surface area contributed by atoms with Crippen LogP contribution in [-0.4, -0.2) is 26.0 Å². The van der Waals surface area contributed by atoms with Crippen molar-refractivity contribution in [1.82, 2.24) is 5.32 Å². The maximum absolute atomic E-state index is 13.0. The Labute approximate surface area is 108 Å². The summed E-state index contributed by atoms with van der Waals surface area (Å²) in [5.74, 6) is -0.215. The van der Waals surface area contributed by atoms with E-state index >= 15 is 0 Å². The maximum atomic E-state index is 13.0. The van der Waals surface area contributed by atoms with Crippen LogP contribution in [0.2, 0.25) is 0 Å². The van der Waals surface area contributed by atoms with Crippen LogP contribution in [-0.2, 0) is 16.0 Å². The second-order valence-corrected chi connectivity index (χ2v) is 4.82. The standard InChI is InChI=1S/C12H15BrFNO2/c13-12-2-1-10(14)5-9(12)6-15-7-11-3-4-16-8-17-11/h1-2,5,11,15H,3-4,6-8H2. The first kappa shape index (κ1) is 13.0. The van der Waals surface area contributed by atoms with Gasteiger partial charge in [0.05, 0.1) is 12.7 Å². The predicted molar refractivity (Wildman–Crippen MR) is 66.1 cm³/mol. The van der Waals surface area contributed by atoms with Gasteiger partial charge in [-0.1, -0.05) is 15.9 Å².